The van der Waals surface area contributed by atoms with Crippen LogP contribution in [0.5, 0.6) is 11.5 Å². The lowest BCUT2D eigenvalue weighted by atomic mass is 10.1. The second-order valence-corrected chi connectivity index (χ2v) is 7.13. The van der Waals surface area contributed by atoms with Gasteiger partial charge < -0.3 is 15.2 Å². The molecule has 2 amide bonds. The minimum absolute atomic E-state index is 0. The standard InChI is InChI=1S/C20H17FN2O5S.ClH/c1-27-19(25)16(22)8-11-2-5-13(6-3-11)28-14-7-4-12(15(21)10-14)9-17-18(24)23-20(26)29-17;/h2-7,9-10,16H,8,22H2,1H3,(H,23,24,26);1H/b17-9-;/t16-;/m0./s1. The van der Waals surface area contributed by atoms with Gasteiger partial charge in [-0.25, -0.2) is 4.39 Å². The number of thioether (sulfide) groups is 1. The summed E-state index contributed by atoms with van der Waals surface area (Å²) < 4.78 is 24.6. The molecule has 1 aliphatic rings. The fourth-order valence-electron chi connectivity index (χ4n) is 2.57. The molecule has 2 aromatic rings. The highest BCUT2D eigenvalue weighted by Crippen LogP contribution is 2.29. The second kappa shape index (κ2) is 10.2. The highest BCUT2D eigenvalue weighted by molar-refractivity contribution is 8.18. The Hall–Kier alpha value is -2.88. The first-order valence-corrected chi connectivity index (χ1v) is 9.32. The minimum Gasteiger partial charge on any atom is -0.468 e. The maximum Gasteiger partial charge on any atom is 0.322 e. The first kappa shape index (κ1) is 23.4. The van der Waals surface area contributed by atoms with E-state index >= 15 is 0 Å². The Labute approximate surface area is 182 Å². The predicted molar refractivity (Wildman–Crippen MR) is 113 cm³/mol. The van der Waals surface area contributed by atoms with Crippen molar-refractivity contribution in [3.05, 3.63) is 64.3 Å². The van der Waals surface area contributed by atoms with Crippen molar-refractivity contribution in [1.29, 1.82) is 0 Å². The number of nitrogens with one attached hydrogen (secondary N) is 1. The van der Waals surface area contributed by atoms with Crippen LogP contribution in [0.25, 0.3) is 6.08 Å². The smallest absolute Gasteiger partial charge is 0.322 e. The summed E-state index contributed by atoms with van der Waals surface area (Å²) in [5, 5.41) is 1.62. The molecule has 1 saturated heterocycles. The average molecular weight is 453 g/mol. The van der Waals surface area contributed by atoms with Gasteiger partial charge in [0.25, 0.3) is 11.1 Å². The van der Waals surface area contributed by atoms with Gasteiger partial charge in [0.05, 0.1) is 12.0 Å². The van der Waals surface area contributed by atoms with Gasteiger partial charge in [-0.1, -0.05) is 12.1 Å². The minimum atomic E-state index is -0.752. The molecule has 0 unspecified atom stereocenters. The molecule has 0 bridgehead atoms. The molecule has 158 valence electrons. The van der Waals surface area contributed by atoms with Crippen LogP contribution in [0.2, 0.25) is 0 Å². The van der Waals surface area contributed by atoms with Crippen LogP contribution in [0.4, 0.5) is 9.18 Å². The van der Waals surface area contributed by atoms with E-state index in [1.54, 1.807) is 30.3 Å². The lowest BCUT2D eigenvalue weighted by Gasteiger charge is -2.10. The van der Waals surface area contributed by atoms with E-state index in [9.17, 15) is 18.8 Å². The molecule has 1 fully saturated rings. The number of halogens is 2. The summed E-state index contributed by atoms with van der Waals surface area (Å²) in [4.78, 5) is 34.2. The number of benzene rings is 2. The number of amides is 2. The zero-order valence-corrected chi connectivity index (χ0v) is 17.3. The molecule has 30 heavy (non-hydrogen) atoms. The zero-order valence-electron chi connectivity index (χ0n) is 15.7. The molecular weight excluding hydrogens is 435 g/mol. The molecule has 3 N–H and O–H groups in total. The van der Waals surface area contributed by atoms with E-state index in [1.165, 1.54) is 25.3 Å². The van der Waals surface area contributed by atoms with E-state index in [-0.39, 0.29) is 28.6 Å². The summed E-state index contributed by atoms with van der Waals surface area (Å²) in [5.41, 5.74) is 6.72. The Kier molecular flexibility index (Phi) is 7.99. The molecule has 0 saturated carbocycles. The van der Waals surface area contributed by atoms with Crippen LogP contribution in [0, 0.1) is 5.82 Å². The van der Waals surface area contributed by atoms with Crippen LogP contribution in [-0.4, -0.2) is 30.3 Å². The predicted octanol–water partition coefficient (Wildman–Crippen LogP) is 3.41. The molecule has 0 aromatic heterocycles. The second-order valence-electron chi connectivity index (χ2n) is 6.12. The Morgan fingerprint density at radius 2 is 1.87 bits per heavy atom. The van der Waals surface area contributed by atoms with Gasteiger partial charge in [0.15, 0.2) is 0 Å². The molecular formula is C20H18ClFN2O5S. The lowest BCUT2D eigenvalue weighted by Crippen LogP contribution is -2.33. The van der Waals surface area contributed by atoms with Gasteiger partial charge >= 0.3 is 5.97 Å². The largest absolute Gasteiger partial charge is 0.468 e. The Morgan fingerprint density at radius 3 is 2.43 bits per heavy atom. The number of carbonyl (C=O) groups is 3. The molecule has 1 aliphatic heterocycles. The summed E-state index contributed by atoms with van der Waals surface area (Å²) >= 11 is 0.718. The van der Waals surface area contributed by atoms with E-state index in [0.29, 0.717) is 12.2 Å². The highest BCUT2D eigenvalue weighted by atomic mass is 35.5. The molecule has 0 spiro atoms. The van der Waals surface area contributed by atoms with Gasteiger partial charge in [-0.15, -0.1) is 12.4 Å². The van der Waals surface area contributed by atoms with Crippen molar-refractivity contribution in [1.82, 2.24) is 5.32 Å². The fraction of sp³-hybridized carbons (Fsp3) is 0.150. The van der Waals surface area contributed by atoms with Crippen LogP contribution < -0.4 is 15.8 Å². The van der Waals surface area contributed by atoms with Gasteiger partial charge in [-0.05, 0) is 54.1 Å². The number of hydrogen-bond donors (Lipinski definition) is 2. The third-order valence-corrected chi connectivity index (χ3v) is 4.83. The molecule has 1 atom stereocenters. The highest BCUT2D eigenvalue weighted by Gasteiger charge is 2.25. The van der Waals surface area contributed by atoms with Crippen LogP contribution in [0.3, 0.4) is 0 Å². The Bertz CT molecular complexity index is 997. The molecule has 0 aliphatic carbocycles. The molecule has 1 heterocycles. The van der Waals surface area contributed by atoms with Crippen molar-refractivity contribution in [3.8, 4) is 11.5 Å². The molecule has 2 aromatic carbocycles. The quantitative estimate of drug-likeness (QED) is 0.510. The Balaban J connectivity index is 0.00000320. The Morgan fingerprint density at radius 1 is 1.20 bits per heavy atom. The van der Waals surface area contributed by atoms with E-state index in [4.69, 9.17) is 10.5 Å². The fourth-order valence-corrected chi connectivity index (χ4v) is 3.24. The maximum atomic E-state index is 14.3. The number of carbonyl (C=O) groups excluding carboxylic acids is 3. The van der Waals surface area contributed by atoms with Crippen molar-refractivity contribution in [3.63, 3.8) is 0 Å². The third-order valence-electron chi connectivity index (χ3n) is 4.02. The van der Waals surface area contributed by atoms with E-state index < -0.39 is 29.0 Å². The van der Waals surface area contributed by atoms with Crippen molar-refractivity contribution < 1.29 is 28.2 Å². The summed E-state index contributed by atoms with van der Waals surface area (Å²) in [5.74, 6) is -0.894. The normalized spacial score (nSPS) is 15.4. The lowest BCUT2D eigenvalue weighted by molar-refractivity contribution is -0.142. The first-order valence-electron chi connectivity index (χ1n) is 8.50. The van der Waals surface area contributed by atoms with Crippen LogP contribution in [-0.2, 0) is 20.7 Å². The van der Waals surface area contributed by atoms with Gasteiger partial charge in [0.2, 0.25) is 0 Å². The SMILES string of the molecule is COC(=O)[C@@H](N)Cc1ccc(Oc2ccc(/C=C3\SC(=O)NC3=O)c(F)c2)cc1.Cl. The van der Waals surface area contributed by atoms with Gasteiger partial charge in [-0.2, -0.15) is 0 Å². The molecule has 7 nitrogen and oxygen atoms in total. The summed E-state index contributed by atoms with van der Waals surface area (Å²) in [6.07, 6.45) is 1.63. The molecule has 10 heteroatoms. The van der Waals surface area contributed by atoms with E-state index in [1.807, 2.05) is 0 Å². The van der Waals surface area contributed by atoms with E-state index in [0.717, 1.165) is 17.3 Å². The van der Waals surface area contributed by atoms with Crippen LogP contribution in [0.15, 0.2) is 47.4 Å². The first-order chi connectivity index (χ1) is 13.9. The van der Waals surface area contributed by atoms with Crippen molar-refractivity contribution >= 4 is 47.4 Å². The number of imide groups is 1. The zero-order chi connectivity index (χ0) is 21.0. The third kappa shape index (κ3) is 5.82. The van der Waals surface area contributed by atoms with Gasteiger partial charge in [0.1, 0.15) is 23.4 Å². The van der Waals surface area contributed by atoms with Crippen molar-refractivity contribution in [2.75, 3.05) is 7.11 Å². The number of hydrogen-bond acceptors (Lipinski definition) is 7. The van der Waals surface area contributed by atoms with E-state index in [2.05, 4.69) is 10.1 Å². The number of esters is 1. The van der Waals surface area contributed by atoms with Crippen LogP contribution >= 0.6 is 24.2 Å². The number of ether oxygens (including phenoxy) is 2. The number of rotatable bonds is 6. The average Bonchev–Trinajstić information content (AvgIpc) is 3.01. The molecule has 3 rings (SSSR count). The summed E-state index contributed by atoms with van der Waals surface area (Å²) in [6, 6.07) is 10.3. The van der Waals surface area contributed by atoms with Crippen LogP contribution in [0.1, 0.15) is 11.1 Å². The van der Waals surface area contributed by atoms with Gasteiger partial charge in [-0.3, -0.25) is 19.7 Å². The van der Waals surface area contributed by atoms with Gasteiger partial charge in [0, 0.05) is 11.6 Å². The monoisotopic (exact) mass is 452 g/mol. The molecule has 0 radical (unpaired) electrons. The topological polar surface area (TPSA) is 108 Å². The number of methoxy groups -OCH3 is 1. The summed E-state index contributed by atoms with van der Waals surface area (Å²) in [7, 11) is 1.28. The maximum absolute atomic E-state index is 14.3. The van der Waals surface area contributed by atoms with Crippen molar-refractivity contribution in [2.24, 2.45) is 5.73 Å². The summed E-state index contributed by atoms with van der Waals surface area (Å²) in [6.45, 7) is 0. The number of nitrogens with two attached hydrogens (primary N) is 1. The van der Waals surface area contributed by atoms with Crippen molar-refractivity contribution in [2.45, 2.75) is 12.5 Å².